The monoisotopic (exact) mass is 278 g/mol. The zero-order valence-electron chi connectivity index (χ0n) is 13.1. The Morgan fingerprint density at radius 3 is 2.65 bits per heavy atom. The number of rotatable bonds is 3. The first-order valence-electron chi connectivity index (χ1n) is 7.65. The average molecular weight is 278 g/mol. The number of likely N-dealkylation sites (tertiary alicyclic amines) is 1. The summed E-state index contributed by atoms with van der Waals surface area (Å²) in [6.07, 6.45) is 1.28. The second-order valence-corrected chi connectivity index (χ2v) is 6.52. The molecule has 1 saturated heterocycles. The van der Waals surface area contributed by atoms with E-state index in [1.54, 1.807) is 6.07 Å². The smallest absolute Gasteiger partial charge is 0.126 e. The molecule has 1 fully saturated rings. The molecule has 1 heterocycles. The summed E-state index contributed by atoms with van der Waals surface area (Å²) in [5.74, 6) is 1.23. The van der Waals surface area contributed by atoms with Crippen molar-refractivity contribution < 1.29 is 4.39 Å². The van der Waals surface area contributed by atoms with E-state index in [-0.39, 0.29) is 11.9 Å². The van der Waals surface area contributed by atoms with Crippen LogP contribution in [0.5, 0.6) is 0 Å². The highest BCUT2D eigenvalue weighted by atomic mass is 19.1. The Balaban J connectivity index is 2.28. The number of halogens is 1. The van der Waals surface area contributed by atoms with Crippen LogP contribution in [0.15, 0.2) is 18.2 Å². The van der Waals surface area contributed by atoms with Crippen LogP contribution < -0.4 is 5.73 Å². The van der Waals surface area contributed by atoms with Crippen LogP contribution in [0.4, 0.5) is 4.39 Å². The first-order chi connectivity index (χ1) is 9.43. The normalized spacial score (nSPS) is 29.4. The predicted molar refractivity (Wildman–Crippen MR) is 82.0 cm³/mol. The van der Waals surface area contributed by atoms with Gasteiger partial charge in [-0.05, 0) is 49.3 Å². The van der Waals surface area contributed by atoms with Gasteiger partial charge in [-0.1, -0.05) is 26.0 Å². The highest BCUT2D eigenvalue weighted by Crippen LogP contribution is 2.33. The van der Waals surface area contributed by atoms with E-state index >= 15 is 0 Å². The predicted octanol–water partition coefficient (Wildman–Crippen LogP) is 3.50. The molecule has 0 amide bonds. The van der Waals surface area contributed by atoms with Crippen molar-refractivity contribution in [1.82, 2.24) is 4.90 Å². The molecule has 1 aromatic rings. The number of aryl methyl sites for hydroxylation is 1. The van der Waals surface area contributed by atoms with Crippen LogP contribution in [-0.4, -0.2) is 24.0 Å². The van der Waals surface area contributed by atoms with E-state index in [4.69, 9.17) is 5.73 Å². The fourth-order valence-electron chi connectivity index (χ4n) is 3.51. The van der Waals surface area contributed by atoms with E-state index in [1.165, 1.54) is 6.42 Å². The van der Waals surface area contributed by atoms with Gasteiger partial charge >= 0.3 is 0 Å². The Bertz CT molecular complexity index is 460. The Hall–Kier alpha value is -0.930. The van der Waals surface area contributed by atoms with E-state index in [9.17, 15) is 4.39 Å². The van der Waals surface area contributed by atoms with Gasteiger partial charge in [0.1, 0.15) is 5.82 Å². The van der Waals surface area contributed by atoms with Gasteiger partial charge in [0.2, 0.25) is 0 Å². The molecular formula is C17H27FN2. The van der Waals surface area contributed by atoms with E-state index < -0.39 is 0 Å². The summed E-state index contributed by atoms with van der Waals surface area (Å²) >= 11 is 0. The molecule has 1 aliphatic rings. The zero-order chi connectivity index (χ0) is 14.9. The molecule has 1 aromatic carbocycles. The number of benzene rings is 1. The maximum atomic E-state index is 13.5. The molecule has 0 aromatic heterocycles. The molecule has 20 heavy (non-hydrogen) atoms. The van der Waals surface area contributed by atoms with Gasteiger partial charge in [0.25, 0.3) is 0 Å². The van der Waals surface area contributed by atoms with Crippen molar-refractivity contribution in [2.45, 2.75) is 46.2 Å². The Kier molecular flexibility index (Phi) is 4.82. The van der Waals surface area contributed by atoms with E-state index in [0.29, 0.717) is 30.0 Å². The third-order valence-corrected chi connectivity index (χ3v) is 4.83. The van der Waals surface area contributed by atoms with Gasteiger partial charge in [-0.25, -0.2) is 4.39 Å². The molecule has 4 atom stereocenters. The first kappa shape index (κ1) is 15.5. The van der Waals surface area contributed by atoms with Crippen molar-refractivity contribution in [3.63, 3.8) is 0 Å². The summed E-state index contributed by atoms with van der Waals surface area (Å²) in [6.45, 7) is 10.4. The Morgan fingerprint density at radius 1 is 1.35 bits per heavy atom. The van der Waals surface area contributed by atoms with Gasteiger partial charge in [0, 0.05) is 25.2 Å². The largest absolute Gasteiger partial charge is 0.329 e. The van der Waals surface area contributed by atoms with Gasteiger partial charge < -0.3 is 5.73 Å². The van der Waals surface area contributed by atoms with Gasteiger partial charge in [-0.15, -0.1) is 0 Å². The van der Waals surface area contributed by atoms with Gasteiger partial charge in [0.15, 0.2) is 0 Å². The Morgan fingerprint density at radius 2 is 2.05 bits per heavy atom. The van der Waals surface area contributed by atoms with Crippen LogP contribution in [0.3, 0.4) is 0 Å². The summed E-state index contributed by atoms with van der Waals surface area (Å²) < 4.78 is 13.5. The highest BCUT2D eigenvalue weighted by molar-refractivity contribution is 5.27. The van der Waals surface area contributed by atoms with Crippen molar-refractivity contribution in [1.29, 1.82) is 0 Å². The standard InChI is InChI=1S/C17H27FN2/c1-11-7-12(2)14(4)20(10-11)17(9-19)15-5-6-16(18)13(3)8-15/h5-6,8,11-12,14,17H,7,9-10,19H2,1-4H3. The lowest BCUT2D eigenvalue weighted by Gasteiger charge is -2.45. The molecule has 0 saturated carbocycles. The zero-order valence-corrected chi connectivity index (χ0v) is 13.1. The molecule has 0 spiro atoms. The second kappa shape index (κ2) is 6.23. The first-order valence-corrected chi connectivity index (χ1v) is 7.65. The van der Waals surface area contributed by atoms with Crippen LogP contribution in [0.1, 0.15) is 44.4 Å². The Labute approximate surface area is 122 Å². The number of hydrogen-bond donors (Lipinski definition) is 1. The summed E-state index contributed by atoms with van der Waals surface area (Å²) in [7, 11) is 0. The average Bonchev–Trinajstić information content (AvgIpc) is 2.40. The van der Waals surface area contributed by atoms with Crippen LogP contribution in [-0.2, 0) is 0 Å². The molecule has 4 unspecified atom stereocenters. The van der Waals surface area contributed by atoms with Crippen molar-refractivity contribution in [3.8, 4) is 0 Å². The quantitative estimate of drug-likeness (QED) is 0.917. The maximum Gasteiger partial charge on any atom is 0.126 e. The summed E-state index contributed by atoms with van der Waals surface area (Å²) in [6, 6.07) is 6.11. The third kappa shape index (κ3) is 3.04. The molecule has 0 bridgehead atoms. The van der Waals surface area contributed by atoms with Gasteiger partial charge in [-0.2, -0.15) is 0 Å². The lowest BCUT2D eigenvalue weighted by Crippen LogP contribution is -2.49. The van der Waals surface area contributed by atoms with E-state index in [0.717, 1.165) is 12.1 Å². The molecule has 3 heteroatoms. The third-order valence-electron chi connectivity index (χ3n) is 4.83. The number of nitrogens with zero attached hydrogens (tertiary/aromatic N) is 1. The topological polar surface area (TPSA) is 29.3 Å². The molecular weight excluding hydrogens is 251 g/mol. The number of piperidine rings is 1. The molecule has 1 aliphatic heterocycles. The minimum Gasteiger partial charge on any atom is -0.329 e. The second-order valence-electron chi connectivity index (χ2n) is 6.52. The van der Waals surface area contributed by atoms with Gasteiger partial charge in [0.05, 0.1) is 0 Å². The maximum absolute atomic E-state index is 13.5. The van der Waals surface area contributed by atoms with Crippen molar-refractivity contribution >= 4 is 0 Å². The number of nitrogens with two attached hydrogens (primary N) is 1. The molecule has 112 valence electrons. The van der Waals surface area contributed by atoms with Crippen LogP contribution in [0.2, 0.25) is 0 Å². The lowest BCUT2D eigenvalue weighted by molar-refractivity contribution is 0.0424. The molecule has 0 aliphatic carbocycles. The van der Waals surface area contributed by atoms with Crippen LogP contribution in [0, 0.1) is 24.6 Å². The molecule has 0 radical (unpaired) electrons. The molecule has 2 N–H and O–H groups in total. The summed E-state index contributed by atoms with van der Waals surface area (Å²) in [4.78, 5) is 2.51. The lowest BCUT2D eigenvalue weighted by atomic mass is 9.84. The highest BCUT2D eigenvalue weighted by Gasteiger charge is 2.33. The number of hydrogen-bond acceptors (Lipinski definition) is 2. The fourth-order valence-corrected chi connectivity index (χ4v) is 3.51. The minimum absolute atomic E-state index is 0.141. The molecule has 2 rings (SSSR count). The van der Waals surface area contributed by atoms with Gasteiger partial charge in [-0.3, -0.25) is 4.90 Å². The fraction of sp³-hybridized carbons (Fsp3) is 0.647. The molecule has 2 nitrogen and oxygen atoms in total. The van der Waals surface area contributed by atoms with Crippen LogP contribution >= 0.6 is 0 Å². The minimum atomic E-state index is -0.141. The van der Waals surface area contributed by atoms with Crippen molar-refractivity contribution in [3.05, 3.63) is 35.1 Å². The SMILES string of the molecule is Cc1cc(C(CN)N2CC(C)CC(C)C2C)ccc1F. The van der Waals surface area contributed by atoms with Crippen molar-refractivity contribution in [2.75, 3.05) is 13.1 Å². The van der Waals surface area contributed by atoms with E-state index in [1.807, 2.05) is 19.1 Å². The van der Waals surface area contributed by atoms with Crippen molar-refractivity contribution in [2.24, 2.45) is 17.6 Å². The van der Waals surface area contributed by atoms with E-state index in [2.05, 4.69) is 25.7 Å². The summed E-state index contributed by atoms with van der Waals surface area (Å²) in [5.41, 5.74) is 7.88. The summed E-state index contributed by atoms with van der Waals surface area (Å²) in [5, 5.41) is 0. The van der Waals surface area contributed by atoms with Crippen LogP contribution in [0.25, 0.3) is 0 Å².